The Balaban J connectivity index is 2.70. The molecule has 4 nitrogen and oxygen atoms in total. The van der Waals surface area contributed by atoms with E-state index in [4.69, 9.17) is 5.73 Å². The number of nitrogens with zero attached hydrogens (tertiary/aromatic N) is 1. The average molecular weight is 203 g/mol. The molecule has 0 aliphatic rings. The Morgan fingerprint density at radius 2 is 2.20 bits per heavy atom. The van der Waals surface area contributed by atoms with Gasteiger partial charge in [-0.05, 0) is 18.2 Å². The molecule has 0 unspecified atom stereocenters. The molecule has 3 N–H and O–H groups in total. The monoisotopic (exact) mass is 203 g/mol. The number of nitrogens with one attached hydrogen (secondary N) is 1. The first-order valence-corrected chi connectivity index (χ1v) is 4.70. The van der Waals surface area contributed by atoms with Gasteiger partial charge in [0.1, 0.15) is 0 Å². The van der Waals surface area contributed by atoms with Crippen molar-refractivity contribution in [1.82, 2.24) is 9.88 Å². The zero-order valence-corrected chi connectivity index (χ0v) is 8.74. The van der Waals surface area contributed by atoms with Gasteiger partial charge >= 0.3 is 0 Å². The number of amides is 1. The van der Waals surface area contributed by atoms with Gasteiger partial charge in [0.25, 0.3) is 5.91 Å². The summed E-state index contributed by atoms with van der Waals surface area (Å²) < 4.78 is 1.94. The van der Waals surface area contributed by atoms with E-state index in [-0.39, 0.29) is 5.91 Å². The van der Waals surface area contributed by atoms with Crippen LogP contribution in [0.1, 0.15) is 10.4 Å². The number of fused-ring (bicyclic) bond motifs is 1. The van der Waals surface area contributed by atoms with Gasteiger partial charge in [-0.25, -0.2) is 0 Å². The van der Waals surface area contributed by atoms with Gasteiger partial charge in [0.15, 0.2) is 0 Å². The molecular formula is C11H13N3O. The van der Waals surface area contributed by atoms with Gasteiger partial charge in [0, 0.05) is 36.9 Å². The third-order valence-electron chi connectivity index (χ3n) is 2.52. The van der Waals surface area contributed by atoms with Crippen LogP contribution in [0.25, 0.3) is 10.9 Å². The maximum atomic E-state index is 11.5. The first kappa shape index (κ1) is 9.58. The number of hydrogen-bond donors (Lipinski definition) is 2. The summed E-state index contributed by atoms with van der Waals surface area (Å²) >= 11 is 0. The fraction of sp³-hybridized carbons (Fsp3) is 0.182. The van der Waals surface area contributed by atoms with Crippen LogP contribution in [-0.4, -0.2) is 17.5 Å². The molecule has 4 heteroatoms. The van der Waals surface area contributed by atoms with Gasteiger partial charge in [-0.1, -0.05) is 0 Å². The van der Waals surface area contributed by atoms with Crippen molar-refractivity contribution in [3.8, 4) is 0 Å². The number of hydrogen-bond acceptors (Lipinski definition) is 2. The van der Waals surface area contributed by atoms with Gasteiger partial charge in [-0.2, -0.15) is 0 Å². The zero-order valence-electron chi connectivity index (χ0n) is 8.74. The molecule has 0 bridgehead atoms. The zero-order chi connectivity index (χ0) is 11.0. The summed E-state index contributed by atoms with van der Waals surface area (Å²) in [6.45, 7) is 0. The van der Waals surface area contributed by atoms with E-state index in [2.05, 4.69) is 5.32 Å². The van der Waals surface area contributed by atoms with Crippen LogP contribution in [0.3, 0.4) is 0 Å². The van der Waals surface area contributed by atoms with E-state index >= 15 is 0 Å². The summed E-state index contributed by atoms with van der Waals surface area (Å²) in [7, 11) is 3.53. The smallest absolute Gasteiger partial charge is 0.251 e. The average Bonchev–Trinajstić information content (AvgIpc) is 2.60. The molecule has 0 fully saturated rings. The van der Waals surface area contributed by atoms with E-state index in [1.165, 1.54) is 0 Å². The maximum absolute atomic E-state index is 11.5. The van der Waals surface area contributed by atoms with Gasteiger partial charge in [0.05, 0.1) is 5.52 Å². The molecule has 1 aromatic carbocycles. The first-order chi connectivity index (χ1) is 7.13. The second kappa shape index (κ2) is 3.31. The van der Waals surface area contributed by atoms with Crippen LogP contribution in [0.4, 0.5) is 5.69 Å². The Hall–Kier alpha value is -1.97. The third kappa shape index (κ3) is 1.44. The molecule has 1 heterocycles. The Morgan fingerprint density at radius 1 is 1.47 bits per heavy atom. The molecule has 0 spiro atoms. The van der Waals surface area contributed by atoms with Crippen molar-refractivity contribution in [3.05, 3.63) is 30.0 Å². The van der Waals surface area contributed by atoms with Gasteiger partial charge in [0.2, 0.25) is 0 Å². The van der Waals surface area contributed by atoms with E-state index in [0.717, 1.165) is 10.9 Å². The Bertz CT molecular complexity index is 528. The van der Waals surface area contributed by atoms with Crippen LogP contribution in [0.15, 0.2) is 24.4 Å². The summed E-state index contributed by atoms with van der Waals surface area (Å²) in [5.41, 5.74) is 8.05. The molecule has 0 aliphatic carbocycles. The molecule has 0 saturated heterocycles. The lowest BCUT2D eigenvalue weighted by atomic mass is 10.1. The van der Waals surface area contributed by atoms with E-state index in [9.17, 15) is 4.79 Å². The lowest BCUT2D eigenvalue weighted by molar-refractivity contribution is 0.0963. The number of aryl methyl sites for hydroxylation is 1. The molecular weight excluding hydrogens is 190 g/mol. The van der Waals surface area contributed by atoms with Gasteiger partial charge in [-0.3, -0.25) is 4.79 Å². The van der Waals surface area contributed by atoms with Crippen molar-refractivity contribution in [2.45, 2.75) is 0 Å². The van der Waals surface area contributed by atoms with Crippen LogP contribution in [0.5, 0.6) is 0 Å². The topological polar surface area (TPSA) is 60.1 Å². The SMILES string of the molecule is CNC(=O)c1cc(N)c2ccn(C)c2c1. The number of aromatic nitrogens is 1. The molecule has 1 amide bonds. The summed E-state index contributed by atoms with van der Waals surface area (Å²) in [5, 5.41) is 3.56. The highest BCUT2D eigenvalue weighted by Crippen LogP contribution is 2.23. The summed E-state index contributed by atoms with van der Waals surface area (Å²) in [4.78, 5) is 11.5. The minimum atomic E-state index is -0.121. The normalized spacial score (nSPS) is 10.5. The molecule has 78 valence electrons. The van der Waals surface area contributed by atoms with Crippen molar-refractivity contribution >= 4 is 22.5 Å². The van der Waals surface area contributed by atoms with E-state index < -0.39 is 0 Å². The highest BCUT2D eigenvalue weighted by molar-refractivity contribution is 6.02. The second-order valence-corrected chi connectivity index (χ2v) is 3.50. The van der Waals surface area contributed by atoms with Crippen molar-refractivity contribution in [3.63, 3.8) is 0 Å². The van der Waals surface area contributed by atoms with Crippen molar-refractivity contribution in [1.29, 1.82) is 0 Å². The standard InChI is InChI=1S/C11H13N3O/c1-13-11(15)7-5-9(12)8-3-4-14(2)10(8)6-7/h3-6H,12H2,1-2H3,(H,13,15). The molecule has 2 rings (SSSR count). The predicted molar refractivity (Wildman–Crippen MR) is 60.7 cm³/mol. The number of rotatable bonds is 1. The van der Waals surface area contributed by atoms with Crippen LogP contribution in [0, 0.1) is 0 Å². The molecule has 2 aromatic rings. The Kier molecular flexibility index (Phi) is 2.11. The molecule has 0 atom stereocenters. The molecule has 0 aliphatic heterocycles. The maximum Gasteiger partial charge on any atom is 0.251 e. The lowest BCUT2D eigenvalue weighted by Gasteiger charge is -2.04. The van der Waals surface area contributed by atoms with Gasteiger partial charge in [-0.15, -0.1) is 0 Å². The first-order valence-electron chi connectivity index (χ1n) is 4.70. The summed E-state index contributed by atoms with van der Waals surface area (Å²) in [5.74, 6) is -0.121. The highest BCUT2D eigenvalue weighted by atomic mass is 16.1. The lowest BCUT2D eigenvalue weighted by Crippen LogP contribution is -2.18. The number of nitrogen functional groups attached to an aromatic ring is 1. The fourth-order valence-corrected chi connectivity index (χ4v) is 1.68. The quantitative estimate of drug-likeness (QED) is 0.682. The number of carbonyl (C=O) groups excluding carboxylic acids is 1. The van der Waals surface area contributed by atoms with Crippen molar-refractivity contribution in [2.24, 2.45) is 7.05 Å². The number of benzene rings is 1. The molecule has 0 saturated carbocycles. The van der Waals surface area contributed by atoms with E-state index in [1.54, 1.807) is 13.1 Å². The van der Waals surface area contributed by atoms with Crippen LogP contribution < -0.4 is 11.1 Å². The Labute approximate surface area is 87.7 Å². The summed E-state index contributed by atoms with van der Waals surface area (Å²) in [6, 6.07) is 5.48. The summed E-state index contributed by atoms with van der Waals surface area (Å²) in [6.07, 6.45) is 1.93. The molecule has 15 heavy (non-hydrogen) atoms. The van der Waals surface area contributed by atoms with Crippen LogP contribution >= 0.6 is 0 Å². The van der Waals surface area contributed by atoms with Crippen LogP contribution in [-0.2, 0) is 7.05 Å². The minimum Gasteiger partial charge on any atom is -0.398 e. The van der Waals surface area contributed by atoms with E-state index in [1.807, 2.05) is 29.9 Å². The van der Waals surface area contributed by atoms with E-state index in [0.29, 0.717) is 11.3 Å². The molecule has 1 aromatic heterocycles. The van der Waals surface area contributed by atoms with Crippen molar-refractivity contribution in [2.75, 3.05) is 12.8 Å². The highest BCUT2D eigenvalue weighted by Gasteiger charge is 2.08. The minimum absolute atomic E-state index is 0.121. The van der Waals surface area contributed by atoms with Gasteiger partial charge < -0.3 is 15.6 Å². The van der Waals surface area contributed by atoms with Crippen LogP contribution in [0.2, 0.25) is 0 Å². The predicted octanol–water partition coefficient (Wildman–Crippen LogP) is 1.12. The second-order valence-electron chi connectivity index (χ2n) is 3.50. The third-order valence-corrected chi connectivity index (χ3v) is 2.52. The number of anilines is 1. The number of carbonyl (C=O) groups is 1. The Morgan fingerprint density at radius 3 is 2.87 bits per heavy atom. The fourth-order valence-electron chi connectivity index (χ4n) is 1.68. The molecule has 0 radical (unpaired) electrons. The number of nitrogens with two attached hydrogens (primary N) is 1. The van der Waals surface area contributed by atoms with Crippen molar-refractivity contribution < 1.29 is 4.79 Å². The largest absolute Gasteiger partial charge is 0.398 e.